The fourth-order valence-electron chi connectivity index (χ4n) is 1.92. The van der Waals surface area contributed by atoms with Crippen LogP contribution in [0.4, 0.5) is 11.4 Å². The molecular formula is C14H14N2O5S. The molecule has 8 heteroatoms. The van der Waals surface area contributed by atoms with E-state index in [9.17, 15) is 18.5 Å². The van der Waals surface area contributed by atoms with Crippen LogP contribution in [0.2, 0.25) is 0 Å². The third kappa shape index (κ3) is 3.17. The van der Waals surface area contributed by atoms with Gasteiger partial charge in [-0.1, -0.05) is 18.2 Å². The van der Waals surface area contributed by atoms with Gasteiger partial charge in [0.1, 0.15) is 5.75 Å². The number of aryl methyl sites for hydroxylation is 1. The molecule has 0 fully saturated rings. The predicted octanol–water partition coefficient (Wildman–Crippen LogP) is 2.71. The van der Waals surface area contributed by atoms with E-state index in [0.29, 0.717) is 5.75 Å². The van der Waals surface area contributed by atoms with Crippen LogP contribution in [0.25, 0.3) is 0 Å². The average Bonchev–Trinajstić information content (AvgIpc) is 2.48. The summed E-state index contributed by atoms with van der Waals surface area (Å²) in [6.45, 7) is 1.84. The molecule has 1 N–H and O–H groups in total. The third-order valence-corrected chi connectivity index (χ3v) is 4.37. The molecule has 2 rings (SSSR count). The van der Waals surface area contributed by atoms with Crippen molar-refractivity contribution in [3.8, 4) is 5.75 Å². The Labute approximate surface area is 127 Å². The lowest BCUT2D eigenvalue weighted by Gasteiger charge is -2.12. The number of nitro benzene ring substituents is 1. The monoisotopic (exact) mass is 322 g/mol. The molecule has 0 aromatic heterocycles. The molecule has 22 heavy (non-hydrogen) atoms. The Morgan fingerprint density at radius 2 is 1.86 bits per heavy atom. The Hall–Kier alpha value is -2.61. The van der Waals surface area contributed by atoms with Crippen LogP contribution in [0, 0.1) is 17.0 Å². The summed E-state index contributed by atoms with van der Waals surface area (Å²) < 4.78 is 32.3. The molecular weight excluding hydrogens is 308 g/mol. The molecule has 2 aromatic carbocycles. The van der Waals surface area contributed by atoms with Crippen molar-refractivity contribution < 1.29 is 18.1 Å². The number of benzene rings is 2. The minimum absolute atomic E-state index is 0.214. The summed E-state index contributed by atoms with van der Waals surface area (Å²) in [7, 11) is -2.69. The van der Waals surface area contributed by atoms with E-state index in [2.05, 4.69) is 4.72 Å². The normalized spacial score (nSPS) is 11.0. The SMILES string of the molecule is COc1cc(C)ccc1NS(=O)(=O)c1ccccc1[N+](=O)[O-]. The van der Waals surface area contributed by atoms with Crippen LogP contribution in [0.3, 0.4) is 0 Å². The van der Waals surface area contributed by atoms with Gasteiger partial charge in [-0.15, -0.1) is 0 Å². The molecule has 0 spiro atoms. The summed E-state index contributed by atoms with van der Waals surface area (Å²) in [6, 6.07) is 10.1. The molecule has 0 radical (unpaired) electrons. The molecule has 0 aliphatic heterocycles. The number of para-hydroxylation sites is 1. The highest BCUT2D eigenvalue weighted by Crippen LogP contribution is 2.30. The summed E-state index contributed by atoms with van der Waals surface area (Å²) in [5.41, 5.74) is 0.623. The highest BCUT2D eigenvalue weighted by molar-refractivity contribution is 7.92. The maximum absolute atomic E-state index is 12.4. The number of sulfonamides is 1. The minimum Gasteiger partial charge on any atom is -0.495 e. The van der Waals surface area contributed by atoms with E-state index in [4.69, 9.17) is 4.74 Å². The topological polar surface area (TPSA) is 98.5 Å². The molecule has 0 aliphatic rings. The summed E-state index contributed by atoms with van der Waals surface area (Å²) in [6.07, 6.45) is 0. The molecule has 116 valence electrons. The van der Waals surface area contributed by atoms with E-state index in [0.717, 1.165) is 11.6 Å². The Bertz CT molecular complexity index is 818. The van der Waals surface area contributed by atoms with Gasteiger partial charge in [-0.25, -0.2) is 8.42 Å². The number of hydrogen-bond acceptors (Lipinski definition) is 5. The van der Waals surface area contributed by atoms with Crippen LogP contribution < -0.4 is 9.46 Å². The molecule has 7 nitrogen and oxygen atoms in total. The molecule has 0 amide bonds. The quantitative estimate of drug-likeness (QED) is 0.674. The van der Waals surface area contributed by atoms with Crippen molar-refractivity contribution in [3.63, 3.8) is 0 Å². The zero-order valence-corrected chi connectivity index (χ0v) is 12.8. The molecule has 0 aliphatic carbocycles. The number of nitrogens with one attached hydrogen (secondary N) is 1. The Morgan fingerprint density at radius 3 is 2.50 bits per heavy atom. The van der Waals surface area contributed by atoms with Crippen molar-refractivity contribution in [3.05, 3.63) is 58.1 Å². The first kappa shape index (κ1) is 15.8. The highest BCUT2D eigenvalue weighted by atomic mass is 32.2. The first-order chi connectivity index (χ1) is 10.3. The molecule has 0 atom stereocenters. The lowest BCUT2D eigenvalue weighted by atomic mass is 10.2. The maximum Gasteiger partial charge on any atom is 0.289 e. The molecule has 0 bridgehead atoms. The first-order valence-electron chi connectivity index (χ1n) is 6.26. The Balaban J connectivity index is 2.47. The number of hydrogen-bond donors (Lipinski definition) is 1. The highest BCUT2D eigenvalue weighted by Gasteiger charge is 2.26. The van der Waals surface area contributed by atoms with Gasteiger partial charge in [0.25, 0.3) is 15.7 Å². The van der Waals surface area contributed by atoms with Gasteiger partial charge in [-0.05, 0) is 30.7 Å². The van der Waals surface area contributed by atoms with Gasteiger partial charge in [0.2, 0.25) is 0 Å². The average molecular weight is 322 g/mol. The smallest absolute Gasteiger partial charge is 0.289 e. The van der Waals surface area contributed by atoms with Crippen molar-refractivity contribution in [1.29, 1.82) is 0 Å². The zero-order valence-electron chi connectivity index (χ0n) is 11.9. The van der Waals surface area contributed by atoms with Crippen molar-refractivity contribution in [1.82, 2.24) is 0 Å². The van der Waals surface area contributed by atoms with Crippen LogP contribution in [0.1, 0.15) is 5.56 Å². The van der Waals surface area contributed by atoms with Crippen molar-refractivity contribution >= 4 is 21.4 Å². The molecule has 0 unspecified atom stereocenters. The van der Waals surface area contributed by atoms with Crippen LogP contribution in [0.5, 0.6) is 5.75 Å². The lowest BCUT2D eigenvalue weighted by Crippen LogP contribution is -2.15. The summed E-state index contributed by atoms with van der Waals surface area (Å²) in [4.78, 5) is 9.84. The predicted molar refractivity (Wildman–Crippen MR) is 81.6 cm³/mol. The number of ether oxygens (including phenoxy) is 1. The third-order valence-electron chi connectivity index (χ3n) is 2.95. The molecule has 0 saturated carbocycles. The van der Waals surface area contributed by atoms with Crippen LogP contribution in [-0.2, 0) is 10.0 Å². The van der Waals surface area contributed by atoms with Crippen LogP contribution in [-0.4, -0.2) is 20.5 Å². The number of anilines is 1. The fraction of sp³-hybridized carbons (Fsp3) is 0.143. The van der Waals surface area contributed by atoms with Gasteiger partial charge in [0, 0.05) is 6.07 Å². The lowest BCUT2D eigenvalue weighted by molar-refractivity contribution is -0.387. The summed E-state index contributed by atoms with van der Waals surface area (Å²) >= 11 is 0. The van der Waals surface area contributed by atoms with E-state index in [1.165, 1.54) is 25.3 Å². The van der Waals surface area contributed by atoms with Gasteiger partial charge in [-0.3, -0.25) is 14.8 Å². The van der Waals surface area contributed by atoms with Gasteiger partial charge in [-0.2, -0.15) is 0 Å². The van der Waals surface area contributed by atoms with Crippen LogP contribution >= 0.6 is 0 Å². The van der Waals surface area contributed by atoms with Crippen molar-refractivity contribution in [2.24, 2.45) is 0 Å². The minimum atomic E-state index is -4.11. The van der Waals surface area contributed by atoms with E-state index >= 15 is 0 Å². The second-order valence-electron chi connectivity index (χ2n) is 4.53. The number of rotatable bonds is 5. The van der Waals surface area contributed by atoms with Crippen LogP contribution in [0.15, 0.2) is 47.4 Å². The van der Waals surface area contributed by atoms with Gasteiger partial charge < -0.3 is 4.74 Å². The number of methoxy groups -OCH3 is 1. The fourth-order valence-corrected chi connectivity index (χ4v) is 3.16. The molecule has 2 aromatic rings. The standard InChI is InChI=1S/C14H14N2O5S/c1-10-7-8-11(13(9-10)21-2)15-22(19,20)14-6-4-3-5-12(14)16(17)18/h3-9,15H,1-2H3. The van der Waals surface area contributed by atoms with Crippen molar-refractivity contribution in [2.45, 2.75) is 11.8 Å². The van der Waals surface area contributed by atoms with Gasteiger partial charge in [0.05, 0.1) is 17.7 Å². The zero-order chi connectivity index (χ0) is 16.3. The largest absolute Gasteiger partial charge is 0.495 e. The number of nitrogens with zero attached hydrogens (tertiary/aromatic N) is 1. The van der Waals surface area contributed by atoms with E-state index < -0.39 is 25.5 Å². The van der Waals surface area contributed by atoms with E-state index in [1.54, 1.807) is 18.2 Å². The second-order valence-corrected chi connectivity index (χ2v) is 6.18. The molecule has 0 saturated heterocycles. The van der Waals surface area contributed by atoms with Gasteiger partial charge in [0.15, 0.2) is 4.90 Å². The number of nitro groups is 1. The second kappa shape index (κ2) is 6.02. The van der Waals surface area contributed by atoms with E-state index in [-0.39, 0.29) is 5.69 Å². The summed E-state index contributed by atoms with van der Waals surface area (Å²) in [5.74, 6) is 0.335. The van der Waals surface area contributed by atoms with E-state index in [1.807, 2.05) is 6.92 Å². The first-order valence-corrected chi connectivity index (χ1v) is 7.74. The summed E-state index contributed by atoms with van der Waals surface area (Å²) in [5, 5.41) is 11.0. The molecule has 0 heterocycles. The maximum atomic E-state index is 12.4. The van der Waals surface area contributed by atoms with Gasteiger partial charge >= 0.3 is 0 Å². The van der Waals surface area contributed by atoms with Crippen molar-refractivity contribution in [2.75, 3.05) is 11.8 Å². The Kier molecular flexibility index (Phi) is 4.32. The Morgan fingerprint density at radius 1 is 1.18 bits per heavy atom.